The lowest BCUT2D eigenvalue weighted by Gasteiger charge is -2.29. The first-order valence-electron chi connectivity index (χ1n) is 12.4. The molecule has 4 N–H and O–H groups in total. The van der Waals surface area contributed by atoms with E-state index in [-0.39, 0.29) is 12.4 Å². The first-order chi connectivity index (χ1) is 20.1. The van der Waals surface area contributed by atoms with Gasteiger partial charge in [-0.2, -0.15) is 5.09 Å². The maximum Gasteiger partial charge on any atom is 0.459 e. The SMILES string of the molecule is C[C@@H](NP(=O)(OCC1(N=[N+]=[N-])O[C@@H](n2ccc(=O)[nH]c2=O)[C@@H](O)[C@H]1O)Oc1ccccc1)C(=O)OCc1ccccc1. The molecule has 1 aromatic heterocycles. The van der Waals surface area contributed by atoms with E-state index in [0.717, 1.165) is 22.4 Å². The monoisotopic (exact) mass is 602 g/mol. The average molecular weight is 602 g/mol. The summed E-state index contributed by atoms with van der Waals surface area (Å²) in [5.74, 6) is -0.726. The van der Waals surface area contributed by atoms with Crippen LogP contribution in [-0.2, 0) is 30.0 Å². The molecule has 42 heavy (non-hydrogen) atoms. The van der Waals surface area contributed by atoms with Crippen LogP contribution < -0.4 is 20.9 Å². The largest absolute Gasteiger partial charge is 0.460 e. The van der Waals surface area contributed by atoms with Crippen LogP contribution in [0.1, 0.15) is 18.7 Å². The molecule has 1 fully saturated rings. The fourth-order valence-corrected chi connectivity index (χ4v) is 5.47. The van der Waals surface area contributed by atoms with Crippen LogP contribution in [0.25, 0.3) is 10.4 Å². The summed E-state index contributed by atoms with van der Waals surface area (Å²) >= 11 is 0. The number of carbonyl (C=O) groups is 1. The molecule has 4 rings (SSSR count). The van der Waals surface area contributed by atoms with E-state index < -0.39 is 61.8 Å². The molecule has 2 aromatic carbocycles. The molecule has 222 valence electrons. The summed E-state index contributed by atoms with van der Waals surface area (Å²) in [4.78, 5) is 41.0. The molecule has 1 aliphatic rings. The van der Waals surface area contributed by atoms with Crippen molar-refractivity contribution in [3.8, 4) is 5.75 Å². The van der Waals surface area contributed by atoms with Gasteiger partial charge in [0.25, 0.3) is 5.56 Å². The Morgan fingerprint density at radius 3 is 2.50 bits per heavy atom. The van der Waals surface area contributed by atoms with E-state index in [1.807, 2.05) is 4.98 Å². The number of aromatic amines is 1. The molecule has 3 aromatic rings. The second-order valence-electron chi connectivity index (χ2n) is 9.11. The predicted octanol–water partition coefficient (Wildman–Crippen LogP) is 1.72. The number of H-pyrrole nitrogens is 1. The van der Waals surface area contributed by atoms with Gasteiger partial charge in [-0.15, -0.1) is 0 Å². The Labute approximate surface area is 237 Å². The first-order valence-corrected chi connectivity index (χ1v) is 14.0. The van der Waals surface area contributed by atoms with Crippen molar-refractivity contribution >= 4 is 13.7 Å². The normalized spacial score (nSPS) is 23.7. The molecular formula is C25H27N6O10P. The third-order valence-electron chi connectivity index (χ3n) is 6.08. The van der Waals surface area contributed by atoms with Crippen LogP contribution in [0.5, 0.6) is 5.75 Å². The molecule has 17 heteroatoms. The Bertz CT molecular complexity index is 1600. The van der Waals surface area contributed by atoms with Crippen LogP contribution in [0.3, 0.4) is 0 Å². The maximum atomic E-state index is 13.9. The Balaban J connectivity index is 1.56. The number of aliphatic hydroxyl groups is 2. The van der Waals surface area contributed by atoms with Gasteiger partial charge in [0.15, 0.2) is 6.23 Å². The number of hydrogen-bond acceptors (Lipinski definition) is 11. The van der Waals surface area contributed by atoms with Gasteiger partial charge in [0, 0.05) is 17.2 Å². The Hall–Kier alpha value is -4.27. The van der Waals surface area contributed by atoms with Crippen LogP contribution in [0, 0.1) is 0 Å². The highest BCUT2D eigenvalue weighted by atomic mass is 31.2. The van der Waals surface area contributed by atoms with Crippen molar-refractivity contribution < 1.29 is 38.1 Å². The number of carbonyl (C=O) groups excluding carboxylic acids is 1. The topological polar surface area (TPSA) is 227 Å². The van der Waals surface area contributed by atoms with E-state index in [1.54, 1.807) is 48.5 Å². The Kier molecular flexibility index (Phi) is 9.60. The number of rotatable bonds is 12. The number of nitrogens with zero attached hydrogens (tertiary/aromatic N) is 4. The maximum absolute atomic E-state index is 13.9. The summed E-state index contributed by atoms with van der Waals surface area (Å²) in [6, 6.07) is 16.4. The van der Waals surface area contributed by atoms with Crippen molar-refractivity contribution in [2.45, 2.75) is 43.7 Å². The van der Waals surface area contributed by atoms with Gasteiger partial charge in [-0.05, 0) is 30.2 Å². The molecule has 16 nitrogen and oxygen atoms in total. The molecule has 1 saturated heterocycles. The zero-order valence-corrected chi connectivity index (χ0v) is 22.9. The van der Waals surface area contributed by atoms with Crippen LogP contribution in [0.4, 0.5) is 0 Å². The minimum atomic E-state index is -4.54. The van der Waals surface area contributed by atoms with E-state index in [2.05, 4.69) is 15.1 Å². The number of para-hydroxylation sites is 1. The Morgan fingerprint density at radius 1 is 1.19 bits per heavy atom. The molecule has 1 aliphatic heterocycles. The average Bonchev–Trinajstić information content (AvgIpc) is 3.21. The molecule has 2 unspecified atom stereocenters. The predicted molar refractivity (Wildman–Crippen MR) is 145 cm³/mol. The number of esters is 1. The van der Waals surface area contributed by atoms with E-state index in [1.165, 1.54) is 19.1 Å². The first kappa shape index (κ1) is 30.7. The van der Waals surface area contributed by atoms with Crippen LogP contribution in [-0.4, -0.2) is 56.3 Å². The summed E-state index contributed by atoms with van der Waals surface area (Å²) in [5, 5.41) is 27.4. The second-order valence-corrected chi connectivity index (χ2v) is 10.8. The van der Waals surface area contributed by atoms with Crippen molar-refractivity contribution in [2.75, 3.05) is 6.61 Å². The van der Waals surface area contributed by atoms with Crippen LogP contribution >= 0.6 is 7.75 Å². The van der Waals surface area contributed by atoms with Gasteiger partial charge >= 0.3 is 19.4 Å². The van der Waals surface area contributed by atoms with Crippen molar-refractivity contribution in [3.05, 3.63) is 110 Å². The number of hydrogen-bond donors (Lipinski definition) is 4. The number of aromatic nitrogens is 2. The molecular weight excluding hydrogens is 575 g/mol. The van der Waals surface area contributed by atoms with Gasteiger partial charge in [-0.1, -0.05) is 53.6 Å². The zero-order chi connectivity index (χ0) is 30.3. The number of azide groups is 1. The summed E-state index contributed by atoms with van der Waals surface area (Å²) in [6.07, 6.45) is -4.51. The summed E-state index contributed by atoms with van der Waals surface area (Å²) in [6.45, 7) is 0.316. The van der Waals surface area contributed by atoms with Gasteiger partial charge in [-0.3, -0.25) is 23.7 Å². The highest BCUT2D eigenvalue weighted by Crippen LogP contribution is 2.48. The van der Waals surface area contributed by atoms with Gasteiger partial charge in [0.05, 0.1) is 6.61 Å². The van der Waals surface area contributed by atoms with Gasteiger partial charge in [0.1, 0.15) is 30.6 Å². The van der Waals surface area contributed by atoms with Gasteiger partial charge < -0.3 is 24.2 Å². The quantitative estimate of drug-likeness (QED) is 0.0767. The summed E-state index contributed by atoms with van der Waals surface area (Å²) in [7, 11) is -4.54. The molecule has 2 heterocycles. The van der Waals surface area contributed by atoms with Crippen LogP contribution in [0.2, 0.25) is 0 Å². The van der Waals surface area contributed by atoms with Crippen molar-refractivity contribution in [3.63, 3.8) is 0 Å². The lowest BCUT2D eigenvalue weighted by atomic mass is 10.1. The molecule has 0 radical (unpaired) electrons. The Morgan fingerprint density at radius 2 is 1.86 bits per heavy atom. The van der Waals surface area contributed by atoms with Crippen molar-refractivity contribution in [2.24, 2.45) is 5.11 Å². The fraction of sp³-hybridized carbons (Fsp3) is 0.320. The van der Waals surface area contributed by atoms with Gasteiger partial charge in [-0.25, -0.2) is 9.36 Å². The van der Waals surface area contributed by atoms with E-state index in [0.29, 0.717) is 0 Å². The minimum Gasteiger partial charge on any atom is -0.460 e. The molecule has 0 spiro atoms. The molecule has 0 aliphatic carbocycles. The molecule has 0 amide bonds. The third kappa shape index (κ3) is 7.13. The van der Waals surface area contributed by atoms with Crippen molar-refractivity contribution in [1.82, 2.24) is 14.6 Å². The van der Waals surface area contributed by atoms with E-state index in [9.17, 15) is 34.7 Å². The molecule has 6 atom stereocenters. The fourth-order valence-electron chi connectivity index (χ4n) is 3.96. The number of aliphatic hydroxyl groups excluding tert-OH is 2. The summed E-state index contributed by atoms with van der Waals surface area (Å²) in [5.41, 5.74) is 5.79. The molecule has 0 saturated carbocycles. The summed E-state index contributed by atoms with van der Waals surface area (Å²) < 4.78 is 36.6. The highest BCUT2D eigenvalue weighted by molar-refractivity contribution is 7.52. The van der Waals surface area contributed by atoms with Crippen molar-refractivity contribution in [1.29, 1.82) is 0 Å². The minimum absolute atomic E-state index is 0.0557. The highest BCUT2D eigenvalue weighted by Gasteiger charge is 2.56. The third-order valence-corrected chi connectivity index (χ3v) is 7.71. The number of ether oxygens (including phenoxy) is 2. The lowest BCUT2D eigenvalue weighted by Crippen LogP contribution is -2.45. The smallest absolute Gasteiger partial charge is 0.459 e. The van der Waals surface area contributed by atoms with E-state index in [4.69, 9.17) is 18.5 Å². The number of nitrogens with one attached hydrogen (secondary N) is 2. The van der Waals surface area contributed by atoms with Crippen LogP contribution in [0.15, 0.2) is 87.6 Å². The number of benzene rings is 2. The standard InChI is InChI=1S/C25H27N6O10P/c1-16(23(35)38-14-17-8-4-2-5-9-17)28-42(37,41-18-10-6-3-7-11-18)39-15-25(29-30-26)21(34)20(33)22(40-25)31-13-12-19(32)27-24(31)36/h2-13,16,20-22,33-34H,14-15H2,1H3,(H,28,37)(H,27,32,36)/t16-,20+,21-,22-,25?,42?/m1/s1. The van der Waals surface area contributed by atoms with Gasteiger partial charge in [0.2, 0.25) is 5.72 Å². The zero-order valence-electron chi connectivity index (χ0n) is 22.0. The molecule has 0 bridgehead atoms. The van der Waals surface area contributed by atoms with E-state index >= 15 is 0 Å². The lowest BCUT2D eigenvalue weighted by molar-refractivity contribution is -0.146. The second kappa shape index (κ2) is 13.1.